The van der Waals surface area contributed by atoms with Crippen LogP contribution in [0.3, 0.4) is 0 Å². The molecule has 152 valence electrons. The SMILES string of the molecule is CCC(=O)OCC1OC(n2cnc3c(NC4CCCC4)ncnc32)C(O)C1O. The summed E-state index contributed by atoms with van der Waals surface area (Å²) in [7, 11) is 0. The van der Waals surface area contributed by atoms with Crippen LogP contribution in [0.5, 0.6) is 0 Å². The lowest BCUT2D eigenvalue weighted by Gasteiger charge is -2.17. The number of fused-ring (bicyclic) bond motifs is 1. The van der Waals surface area contributed by atoms with Crippen molar-refractivity contribution in [2.45, 2.75) is 69.6 Å². The van der Waals surface area contributed by atoms with Crippen LogP contribution in [0.15, 0.2) is 12.7 Å². The van der Waals surface area contributed by atoms with Gasteiger partial charge in [-0.3, -0.25) is 9.36 Å². The summed E-state index contributed by atoms with van der Waals surface area (Å²) in [6.45, 7) is 1.55. The molecule has 28 heavy (non-hydrogen) atoms. The van der Waals surface area contributed by atoms with Crippen molar-refractivity contribution in [2.24, 2.45) is 0 Å². The molecule has 2 aromatic rings. The van der Waals surface area contributed by atoms with Crippen LogP contribution in [0, 0.1) is 0 Å². The Bertz CT molecular complexity index is 837. The molecule has 4 atom stereocenters. The summed E-state index contributed by atoms with van der Waals surface area (Å²) in [5, 5.41) is 24.2. The maximum absolute atomic E-state index is 11.4. The van der Waals surface area contributed by atoms with Gasteiger partial charge in [-0.2, -0.15) is 0 Å². The van der Waals surface area contributed by atoms with Gasteiger partial charge < -0.3 is 25.0 Å². The first-order chi connectivity index (χ1) is 13.6. The van der Waals surface area contributed by atoms with Crippen molar-refractivity contribution in [3.05, 3.63) is 12.7 Å². The number of hydrogen-bond acceptors (Lipinski definition) is 9. The minimum atomic E-state index is -1.20. The zero-order valence-electron chi connectivity index (χ0n) is 15.7. The smallest absolute Gasteiger partial charge is 0.305 e. The van der Waals surface area contributed by atoms with Crippen molar-refractivity contribution in [1.29, 1.82) is 0 Å². The highest BCUT2D eigenvalue weighted by Crippen LogP contribution is 2.33. The summed E-state index contributed by atoms with van der Waals surface area (Å²) in [4.78, 5) is 24.3. The first-order valence-electron chi connectivity index (χ1n) is 9.69. The van der Waals surface area contributed by atoms with Gasteiger partial charge in [0.05, 0.1) is 6.33 Å². The molecule has 10 nitrogen and oxygen atoms in total. The number of imidazole rings is 1. The van der Waals surface area contributed by atoms with E-state index in [4.69, 9.17) is 9.47 Å². The lowest BCUT2D eigenvalue weighted by atomic mass is 10.1. The Morgan fingerprint density at radius 1 is 1.29 bits per heavy atom. The molecule has 2 fully saturated rings. The van der Waals surface area contributed by atoms with Crippen molar-refractivity contribution in [2.75, 3.05) is 11.9 Å². The zero-order valence-corrected chi connectivity index (χ0v) is 15.7. The maximum Gasteiger partial charge on any atom is 0.305 e. The van der Waals surface area contributed by atoms with Gasteiger partial charge in [-0.1, -0.05) is 19.8 Å². The second kappa shape index (κ2) is 7.98. The molecule has 4 unspecified atom stereocenters. The van der Waals surface area contributed by atoms with Crippen LogP contribution >= 0.6 is 0 Å². The second-order valence-corrected chi connectivity index (χ2v) is 7.25. The number of carbonyl (C=O) groups is 1. The van der Waals surface area contributed by atoms with E-state index in [-0.39, 0.29) is 13.0 Å². The molecule has 1 aliphatic heterocycles. The number of esters is 1. The van der Waals surface area contributed by atoms with Crippen molar-refractivity contribution >= 4 is 23.0 Å². The lowest BCUT2D eigenvalue weighted by Crippen LogP contribution is -2.34. The molecule has 2 aliphatic rings. The number of rotatable bonds is 6. The fraction of sp³-hybridized carbons (Fsp3) is 0.667. The first kappa shape index (κ1) is 19.0. The van der Waals surface area contributed by atoms with Crippen LogP contribution < -0.4 is 5.32 Å². The van der Waals surface area contributed by atoms with Crippen LogP contribution in [0.4, 0.5) is 5.82 Å². The topological polar surface area (TPSA) is 132 Å². The standard InChI is InChI=1S/C18H25N5O5/c1-2-12(24)27-7-11-14(25)15(26)18(28-11)23-9-21-13-16(19-8-20-17(13)23)22-10-5-3-4-6-10/h8-11,14-15,18,25-26H,2-7H2,1H3,(H,19,20,22). The number of nitrogens with one attached hydrogen (secondary N) is 1. The predicted molar refractivity (Wildman–Crippen MR) is 98.4 cm³/mol. The molecule has 1 aliphatic carbocycles. The number of hydrogen-bond donors (Lipinski definition) is 3. The van der Waals surface area contributed by atoms with Gasteiger partial charge in [0.25, 0.3) is 0 Å². The number of aliphatic hydroxyl groups excluding tert-OH is 2. The van der Waals surface area contributed by atoms with E-state index in [1.807, 2.05) is 0 Å². The summed E-state index contributed by atoms with van der Waals surface area (Å²) in [5.41, 5.74) is 1.08. The van der Waals surface area contributed by atoms with Gasteiger partial charge >= 0.3 is 5.97 Å². The Kier molecular flexibility index (Phi) is 5.42. The lowest BCUT2D eigenvalue weighted by molar-refractivity contribution is -0.149. The number of ether oxygens (including phenoxy) is 2. The van der Waals surface area contributed by atoms with Gasteiger partial charge in [0, 0.05) is 12.5 Å². The molecule has 0 radical (unpaired) electrons. The van der Waals surface area contributed by atoms with E-state index in [1.165, 1.54) is 25.5 Å². The van der Waals surface area contributed by atoms with Gasteiger partial charge in [-0.15, -0.1) is 0 Å². The molecule has 10 heteroatoms. The average molecular weight is 391 g/mol. The zero-order chi connectivity index (χ0) is 19.7. The Balaban J connectivity index is 1.54. The molecule has 1 saturated heterocycles. The summed E-state index contributed by atoms with van der Waals surface area (Å²) in [6.07, 6.45) is 3.67. The molecule has 2 aromatic heterocycles. The fourth-order valence-corrected chi connectivity index (χ4v) is 3.78. The third-order valence-electron chi connectivity index (χ3n) is 5.36. The molecule has 1 saturated carbocycles. The highest BCUT2D eigenvalue weighted by Gasteiger charge is 2.45. The summed E-state index contributed by atoms with van der Waals surface area (Å²) in [6, 6.07) is 0.371. The van der Waals surface area contributed by atoms with E-state index in [1.54, 1.807) is 11.5 Å². The van der Waals surface area contributed by atoms with Crippen LogP contribution in [-0.4, -0.2) is 66.7 Å². The quantitative estimate of drug-likeness (QED) is 0.610. The minimum Gasteiger partial charge on any atom is -0.463 e. The Morgan fingerprint density at radius 3 is 2.82 bits per heavy atom. The van der Waals surface area contributed by atoms with Crippen LogP contribution in [0.25, 0.3) is 11.2 Å². The van der Waals surface area contributed by atoms with Gasteiger partial charge in [0.15, 0.2) is 23.2 Å². The largest absolute Gasteiger partial charge is 0.463 e. The van der Waals surface area contributed by atoms with Crippen molar-refractivity contribution < 1.29 is 24.5 Å². The monoisotopic (exact) mass is 391 g/mol. The number of anilines is 1. The third kappa shape index (κ3) is 3.54. The minimum absolute atomic E-state index is 0.127. The van der Waals surface area contributed by atoms with Gasteiger partial charge in [-0.25, -0.2) is 15.0 Å². The molecule has 3 heterocycles. The van der Waals surface area contributed by atoms with Crippen LogP contribution in [0.2, 0.25) is 0 Å². The van der Waals surface area contributed by atoms with E-state index < -0.39 is 30.5 Å². The number of nitrogens with zero attached hydrogens (tertiary/aromatic N) is 4. The number of aromatic nitrogens is 4. The third-order valence-corrected chi connectivity index (χ3v) is 5.36. The summed E-state index contributed by atoms with van der Waals surface area (Å²) < 4.78 is 12.4. The van der Waals surface area contributed by atoms with E-state index in [2.05, 4.69) is 20.3 Å². The van der Waals surface area contributed by atoms with Crippen LogP contribution in [-0.2, 0) is 14.3 Å². The Labute approximate surface area is 161 Å². The molecule has 4 rings (SSSR count). The van der Waals surface area contributed by atoms with Crippen LogP contribution in [0.1, 0.15) is 45.3 Å². The van der Waals surface area contributed by atoms with E-state index in [9.17, 15) is 15.0 Å². The molecule has 0 aromatic carbocycles. The van der Waals surface area contributed by atoms with E-state index in [0.29, 0.717) is 23.0 Å². The molecule has 3 N–H and O–H groups in total. The Morgan fingerprint density at radius 2 is 2.07 bits per heavy atom. The van der Waals surface area contributed by atoms with Crippen molar-refractivity contribution in [3.63, 3.8) is 0 Å². The first-order valence-corrected chi connectivity index (χ1v) is 9.69. The predicted octanol–water partition coefficient (Wildman–Crippen LogP) is 0.753. The summed E-state index contributed by atoms with van der Waals surface area (Å²) in [5.74, 6) is 0.259. The van der Waals surface area contributed by atoms with E-state index >= 15 is 0 Å². The van der Waals surface area contributed by atoms with Crippen molar-refractivity contribution in [3.8, 4) is 0 Å². The maximum atomic E-state index is 11.4. The molecular formula is C18H25N5O5. The van der Waals surface area contributed by atoms with Gasteiger partial charge in [-0.05, 0) is 12.8 Å². The van der Waals surface area contributed by atoms with Gasteiger partial charge in [0.2, 0.25) is 0 Å². The normalized spacial score (nSPS) is 28.1. The summed E-state index contributed by atoms with van der Waals surface area (Å²) >= 11 is 0. The number of aliphatic hydroxyl groups is 2. The highest BCUT2D eigenvalue weighted by molar-refractivity contribution is 5.82. The molecular weight excluding hydrogens is 366 g/mol. The van der Waals surface area contributed by atoms with Crippen molar-refractivity contribution in [1.82, 2.24) is 19.5 Å². The Hall–Kier alpha value is -2.30. The molecule has 0 spiro atoms. The highest BCUT2D eigenvalue weighted by atomic mass is 16.6. The fourth-order valence-electron chi connectivity index (χ4n) is 3.78. The van der Waals surface area contributed by atoms with E-state index in [0.717, 1.165) is 12.8 Å². The number of carbonyl (C=O) groups excluding carboxylic acids is 1. The molecule has 0 bridgehead atoms. The van der Waals surface area contributed by atoms with Gasteiger partial charge in [0.1, 0.15) is 31.2 Å². The average Bonchev–Trinajstić information content (AvgIpc) is 3.42. The second-order valence-electron chi connectivity index (χ2n) is 7.25. The molecule has 0 amide bonds.